The Bertz CT molecular complexity index is 780. The number of hydrogen-bond acceptors (Lipinski definition) is 4. The molecule has 0 radical (unpaired) electrons. The van der Waals surface area contributed by atoms with Crippen LogP contribution in [0.2, 0.25) is 0 Å². The van der Waals surface area contributed by atoms with Gasteiger partial charge in [-0.25, -0.2) is 4.98 Å². The van der Waals surface area contributed by atoms with Crippen LogP contribution in [-0.4, -0.2) is 46.5 Å². The number of nitrogens with one attached hydrogen (secondary N) is 2. The predicted octanol–water partition coefficient (Wildman–Crippen LogP) is 2.45. The van der Waals surface area contributed by atoms with Crippen LogP contribution in [0.5, 0.6) is 0 Å². The molecule has 0 aliphatic carbocycles. The lowest BCUT2D eigenvalue weighted by molar-refractivity contribution is -0.137. The molecule has 1 aromatic heterocycles. The first-order valence-corrected chi connectivity index (χ1v) is 8.23. The van der Waals surface area contributed by atoms with Crippen LogP contribution in [0.25, 0.3) is 0 Å². The van der Waals surface area contributed by atoms with E-state index < -0.39 is 11.7 Å². The summed E-state index contributed by atoms with van der Waals surface area (Å²) in [4.78, 5) is 18.7. The van der Waals surface area contributed by atoms with Gasteiger partial charge in [-0.2, -0.15) is 13.2 Å². The summed E-state index contributed by atoms with van der Waals surface area (Å²) >= 11 is 0. The molecule has 1 amide bonds. The molecule has 1 fully saturated rings. The highest BCUT2D eigenvalue weighted by Crippen LogP contribution is 2.30. The molecule has 3 rings (SSSR count). The molecule has 0 spiro atoms. The van der Waals surface area contributed by atoms with Crippen LogP contribution >= 0.6 is 12.4 Å². The molecule has 1 saturated heterocycles. The molecule has 1 unspecified atom stereocenters. The number of aromatic nitrogens is 2. The van der Waals surface area contributed by atoms with E-state index in [0.29, 0.717) is 13.1 Å². The molecule has 10 heteroatoms. The third kappa shape index (κ3) is 5.21. The molecule has 1 aliphatic heterocycles. The van der Waals surface area contributed by atoms with Crippen LogP contribution in [-0.2, 0) is 18.0 Å². The Kier molecular flexibility index (Phi) is 6.85. The van der Waals surface area contributed by atoms with E-state index in [2.05, 4.69) is 15.6 Å². The smallest absolute Gasteiger partial charge is 0.337 e. The van der Waals surface area contributed by atoms with Crippen molar-refractivity contribution < 1.29 is 18.0 Å². The van der Waals surface area contributed by atoms with E-state index in [9.17, 15) is 18.0 Å². The fourth-order valence-corrected chi connectivity index (χ4v) is 3.05. The molecule has 0 saturated carbocycles. The Hall–Kier alpha value is -2.10. The highest BCUT2D eigenvalue weighted by molar-refractivity contribution is 5.92. The summed E-state index contributed by atoms with van der Waals surface area (Å²) in [5.41, 5.74) is -0.656. The van der Waals surface area contributed by atoms with Crippen molar-refractivity contribution in [1.82, 2.24) is 19.8 Å². The Labute approximate surface area is 161 Å². The van der Waals surface area contributed by atoms with Gasteiger partial charge in [-0.15, -0.1) is 12.4 Å². The number of carbonyl (C=O) groups excluding carboxylic acids is 1. The monoisotopic (exact) mass is 403 g/mol. The number of rotatable bonds is 4. The number of anilines is 1. The molecule has 1 aliphatic rings. The largest absolute Gasteiger partial charge is 0.416 e. The average molecular weight is 404 g/mol. The number of nitrogens with zero attached hydrogens (tertiary/aromatic N) is 3. The summed E-state index contributed by atoms with van der Waals surface area (Å²) in [6, 6.07) is 4.56. The van der Waals surface area contributed by atoms with Gasteiger partial charge in [0.25, 0.3) is 0 Å². The van der Waals surface area contributed by atoms with E-state index in [-0.39, 0.29) is 36.6 Å². The Balaban J connectivity index is 0.00000261. The Morgan fingerprint density at radius 1 is 1.41 bits per heavy atom. The molecular formula is C17H21ClF3N5O. The first-order valence-electron chi connectivity index (χ1n) is 8.23. The van der Waals surface area contributed by atoms with Crippen molar-refractivity contribution in [2.24, 2.45) is 7.05 Å². The van der Waals surface area contributed by atoms with Gasteiger partial charge >= 0.3 is 6.18 Å². The number of imidazole rings is 1. The third-order valence-electron chi connectivity index (χ3n) is 4.33. The van der Waals surface area contributed by atoms with Gasteiger partial charge in [0.15, 0.2) is 0 Å². The number of hydrogen-bond donors (Lipinski definition) is 2. The van der Waals surface area contributed by atoms with E-state index in [1.165, 1.54) is 12.1 Å². The number of alkyl halides is 3. The second kappa shape index (κ2) is 8.73. The minimum atomic E-state index is -4.44. The molecule has 1 atom stereocenters. The lowest BCUT2D eigenvalue weighted by Crippen LogP contribution is -2.49. The predicted molar refractivity (Wildman–Crippen MR) is 97.7 cm³/mol. The second-order valence-corrected chi connectivity index (χ2v) is 6.21. The van der Waals surface area contributed by atoms with Gasteiger partial charge in [0.05, 0.1) is 18.2 Å². The van der Waals surface area contributed by atoms with Crippen molar-refractivity contribution in [3.8, 4) is 0 Å². The highest BCUT2D eigenvalue weighted by atomic mass is 35.5. The van der Waals surface area contributed by atoms with E-state index in [1.807, 2.05) is 22.7 Å². The van der Waals surface area contributed by atoms with Crippen LogP contribution < -0.4 is 10.6 Å². The zero-order valence-corrected chi connectivity index (χ0v) is 15.5. The average Bonchev–Trinajstić information content (AvgIpc) is 3.00. The quantitative estimate of drug-likeness (QED) is 0.823. The van der Waals surface area contributed by atoms with Crippen LogP contribution in [0.3, 0.4) is 0 Å². The van der Waals surface area contributed by atoms with E-state index in [1.54, 1.807) is 6.20 Å². The zero-order valence-electron chi connectivity index (χ0n) is 14.7. The second-order valence-electron chi connectivity index (χ2n) is 6.21. The summed E-state index contributed by atoms with van der Waals surface area (Å²) in [6.45, 7) is 2.11. The Morgan fingerprint density at radius 3 is 2.85 bits per heavy atom. The van der Waals surface area contributed by atoms with E-state index >= 15 is 0 Å². The van der Waals surface area contributed by atoms with Crippen LogP contribution in [0.1, 0.15) is 17.4 Å². The summed E-state index contributed by atoms with van der Waals surface area (Å²) in [7, 11) is 1.89. The first kappa shape index (κ1) is 21.2. The molecule has 2 heterocycles. The number of aryl methyl sites for hydroxylation is 1. The lowest BCUT2D eigenvalue weighted by atomic mass is 10.1. The van der Waals surface area contributed by atoms with Crippen molar-refractivity contribution in [3.05, 3.63) is 48.0 Å². The van der Waals surface area contributed by atoms with Crippen LogP contribution in [0.15, 0.2) is 36.7 Å². The SMILES string of the molecule is Cl.Cn1ccnc1C1CNCCN1CC(=O)Nc1cccc(C(F)(F)F)c1. The standard InChI is InChI=1S/C17H20F3N5O.ClH/c1-24-7-6-22-16(24)14-10-21-5-8-25(14)11-15(26)23-13-4-2-3-12(9-13)17(18,19)20;/h2-4,6-7,9,14,21H,5,8,10-11H2,1H3,(H,23,26);1H. The van der Waals surface area contributed by atoms with Gasteiger partial charge in [-0.3, -0.25) is 9.69 Å². The zero-order chi connectivity index (χ0) is 18.7. The fraction of sp³-hybridized carbons (Fsp3) is 0.412. The molecular weight excluding hydrogens is 383 g/mol. The van der Waals surface area contributed by atoms with E-state index in [4.69, 9.17) is 0 Å². The topological polar surface area (TPSA) is 62.2 Å². The molecule has 148 valence electrons. The normalized spacial score (nSPS) is 18.0. The molecule has 1 aromatic carbocycles. The minimum Gasteiger partial charge on any atom is -0.337 e. The fourth-order valence-electron chi connectivity index (χ4n) is 3.05. The van der Waals surface area contributed by atoms with Crippen LogP contribution in [0, 0.1) is 0 Å². The van der Waals surface area contributed by atoms with Crippen LogP contribution in [0.4, 0.5) is 18.9 Å². The summed E-state index contributed by atoms with van der Waals surface area (Å²) in [5.74, 6) is 0.481. The summed E-state index contributed by atoms with van der Waals surface area (Å²) in [5, 5.41) is 5.83. The number of carbonyl (C=O) groups is 1. The maximum atomic E-state index is 12.8. The molecule has 0 bridgehead atoms. The van der Waals surface area contributed by atoms with Gasteiger partial charge in [0, 0.05) is 44.8 Å². The molecule has 27 heavy (non-hydrogen) atoms. The van der Waals surface area contributed by atoms with Gasteiger partial charge in [0.2, 0.25) is 5.91 Å². The van der Waals surface area contributed by atoms with Gasteiger partial charge in [-0.05, 0) is 18.2 Å². The van der Waals surface area contributed by atoms with E-state index in [0.717, 1.165) is 24.5 Å². The number of benzene rings is 1. The lowest BCUT2D eigenvalue weighted by Gasteiger charge is -2.35. The minimum absolute atomic E-state index is 0. The van der Waals surface area contributed by atoms with Gasteiger partial charge in [-0.1, -0.05) is 6.07 Å². The first-order chi connectivity index (χ1) is 12.3. The van der Waals surface area contributed by atoms with Crippen molar-refractivity contribution in [1.29, 1.82) is 0 Å². The number of amides is 1. The highest BCUT2D eigenvalue weighted by Gasteiger charge is 2.31. The summed E-state index contributed by atoms with van der Waals surface area (Å²) < 4.78 is 40.3. The third-order valence-corrected chi connectivity index (χ3v) is 4.33. The van der Waals surface area contributed by atoms with Crippen molar-refractivity contribution in [3.63, 3.8) is 0 Å². The number of halogens is 4. The number of piperazine rings is 1. The maximum Gasteiger partial charge on any atom is 0.416 e. The van der Waals surface area contributed by atoms with Crippen molar-refractivity contribution >= 4 is 24.0 Å². The molecule has 2 N–H and O–H groups in total. The van der Waals surface area contributed by atoms with Crippen molar-refractivity contribution in [2.45, 2.75) is 12.2 Å². The Morgan fingerprint density at radius 2 is 2.19 bits per heavy atom. The van der Waals surface area contributed by atoms with Gasteiger partial charge in [0.1, 0.15) is 5.82 Å². The van der Waals surface area contributed by atoms with Gasteiger partial charge < -0.3 is 15.2 Å². The molecule has 2 aromatic rings. The maximum absolute atomic E-state index is 12.8. The van der Waals surface area contributed by atoms with Crippen molar-refractivity contribution in [2.75, 3.05) is 31.5 Å². The summed E-state index contributed by atoms with van der Waals surface area (Å²) in [6.07, 6.45) is -0.905. The molecule has 6 nitrogen and oxygen atoms in total.